The Labute approximate surface area is 163 Å². The molecule has 0 saturated carbocycles. The van der Waals surface area contributed by atoms with Crippen LogP contribution >= 0.6 is 0 Å². The molecule has 0 spiro atoms. The third kappa shape index (κ3) is 2.18. The second-order valence-electron chi connectivity index (χ2n) is 7.38. The van der Waals surface area contributed by atoms with Gasteiger partial charge in [-0.05, 0) is 66.3 Å². The van der Waals surface area contributed by atoms with Crippen molar-refractivity contribution >= 4 is 43.1 Å². The van der Waals surface area contributed by atoms with Crippen molar-refractivity contribution in [3.05, 3.63) is 109 Å². The molecule has 0 aliphatic rings. The van der Waals surface area contributed by atoms with Crippen LogP contribution in [0.15, 0.2) is 109 Å². The van der Waals surface area contributed by atoms with Crippen LogP contribution in [0.4, 0.5) is 0 Å². The van der Waals surface area contributed by atoms with E-state index in [1.54, 1.807) is 0 Å². The number of hydrogen-bond acceptors (Lipinski definition) is 0. The molecule has 0 aromatic heterocycles. The topological polar surface area (TPSA) is 0 Å². The van der Waals surface area contributed by atoms with Crippen molar-refractivity contribution in [2.75, 3.05) is 0 Å². The minimum atomic E-state index is 1.29. The fourth-order valence-corrected chi connectivity index (χ4v) is 4.55. The van der Waals surface area contributed by atoms with Gasteiger partial charge in [0.2, 0.25) is 0 Å². The molecule has 0 atom stereocenters. The quantitative estimate of drug-likeness (QED) is 0.263. The predicted octanol–water partition coefficient (Wildman–Crippen LogP) is 7.97. The van der Waals surface area contributed by atoms with Crippen molar-refractivity contribution in [3.63, 3.8) is 0 Å². The molecule has 6 aromatic carbocycles. The van der Waals surface area contributed by atoms with E-state index in [0.29, 0.717) is 0 Å². The Hall–Kier alpha value is -3.64. The van der Waals surface area contributed by atoms with E-state index in [2.05, 4.69) is 109 Å². The van der Waals surface area contributed by atoms with Crippen molar-refractivity contribution in [2.24, 2.45) is 0 Å². The van der Waals surface area contributed by atoms with Crippen LogP contribution in [-0.4, -0.2) is 0 Å². The molecule has 0 heterocycles. The molecule has 0 nitrogen and oxygen atoms in total. The smallest absolute Gasteiger partial charge is 0.00926 e. The summed E-state index contributed by atoms with van der Waals surface area (Å²) in [6.45, 7) is 0. The highest BCUT2D eigenvalue weighted by atomic mass is 14.2. The highest BCUT2D eigenvalue weighted by Crippen LogP contribution is 2.40. The monoisotopic (exact) mass is 354 g/mol. The van der Waals surface area contributed by atoms with E-state index in [0.717, 1.165) is 0 Å². The Kier molecular flexibility index (Phi) is 3.27. The van der Waals surface area contributed by atoms with E-state index in [9.17, 15) is 0 Å². The molecule has 0 unspecified atom stereocenters. The number of hydrogen-bond donors (Lipinski definition) is 0. The lowest BCUT2D eigenvalue weighted by atomic mass is 9.89. The first-order chi connectivity index (χ1) is 13.9. The van der Waals surface area contributed by atoms with Crippen molar-refractivity contribution in [3.8, 4) is 11.1 Å². The van der Waals surface area contributed by atoms with Gasteiger partial charge in [-0.3, -0.25) is 0 Å². The fourth-order valence-electron chi connectivity index (χ4n) is 4.55. The van der Waals surface area contributed by atoms with Crippen LogP contribution in [0.3, 0.4) is 0 Å². The molecule has 28 heavy (non-hydrogen) atoms. The summed E-state index contributed by atoms with van der Waals surface area (Å²) >= 11 is 0. The van der Waals surface area contributed by atoms with Crippen LogP contribution in [0.1, 0.15) is 0 Å². The Morgan fingerprint density at radius 2 is 0.607 bits per heavy atom. The Morgan fingerprint density at radius 1 is 0.286 bits per heavy atom. The minimum Gasteiger partial charge on any atom is -0.0616 e. The van der Waals surface area contributed by atoms with Gasteiger partial charge in [-0.1, -0.05) is 97.1 Å². The summed E-state index contributed by atoms with van der Waals surface area (Å²) in [6.07, 6.45) is 0. The van der Waals surface area contributed by atoms with Crippen molar-refractivity contribution in [2.45, 2.75) is 0 Å². The molecule has 0 saturated heterocycles. The number of rotatable bonds is 1. The largest absolute Gasteiger partial charge is 0.0616 e. The van der Waals surface area contributed by atoms with Gasteiger partial charge in [-0.2, -0.15) is 0 Å². The first kappa shape index (κ1) is 15.4. The Balaban J connectivity index is 1.84. The zero-order valence-corrected chi connectivity index (χ0v) is 15.4. The number of fused-ring (bicyclic) bond motifs is 6. The molecule has 0 heteroatoms. The molecule has 6 rings (SSSR count). The van der Waals surface area contributed by atoms with E-state index in [-0.39, 0.29) is 0 Å². The summed E-state index contributed by atoms with van der Waals surface area (Å²) in [5, 5.41) is 10.4. The summed E-state index contributed by atoms with van der Waals surface area (Å²) in [6, 6.07) is 39.6. The average Bonchev–Trinajstić information content (AvgIpc) is 2.78. The summed E-state index contributed by atoms with van der Waals surface area (Å²) in [7, 11) is 0. The van der Waals surface area contributed by atoms with Crippen LogP contribution in [-0.2, 0) is 0 Å². The van der Waals surface area contributed by atoms with E-state index in [4.69, 9.17) is 0 Å². The van der Waals surface area contributed by atoms with Gasteiger partial charge in [0.05, 0.1) is 0 Å². The summed E-state index contributed by atoms with van der Waals surface area (Å²) < 4.78 is 0. The third-order valence-corrected chi connectivity index (χ3v) is 5.83. The second-order valence-corrected chi connectivity index (χ2v) is 7.38. The summed E-state index contributed by atoms with van der Waals surface area (Å²) in [5.74, 6) is 0. The van der Waals surface area contributed by atoms with E-state index >= 15 is 0 Å². The molecule has 0 radical (unpaired) electrons. The molecule has 0 bridgehead atoms. The SMILES string of the molecule is c1ccc2c(c1)cc(-c1cc3ccccc3c3ccccc13)c1ccccc12. The van der Waals surface area contributed by atoms with Gasteiger partial charge in [0.15, 0.2) is 0 Å². The maximum atomic E-state index is 2.36. The first-order valence-corrected chi connectivity index (χ1v) is 9.71. The molecule has 130 valence electrons. The van der Waals surface area contributed by atoms with Crippen LogP contribution in [0.25, 0.3) is 54.2 Å². The Morgan fingerprint density at radius 3 is 1.04 bits per heavy atom. The van der Waals surface area contributed by atoms with E-state index < -0.39 is 0 Å². The molecule has 0 aliphatic carbocycles. The zero-order chi connectivity index (χ0) is 18.5. The molecule has 0 aliphatic heterocycles. The van der Waals surface area contributed by atoms with Gasteiger partial charge in [0.25, 0.3) is 0 Å². The van der Waals surface area contributed by atoms with Crippen LogP contribution < -0.4 is 0 Å². The van der Waals surface area contributed by atoms with Gasteiger partial charge >= 0.3 is 0 Å². The molecule has 6 aromatic rings. The van der Waals surface area contributed by atoms with Gasteiger partial charge in [-0.25, -0.2) is 0 Å². The third-order valence-electron chi connectivity index (χ3n) is 5.83. The predicted molar refractivity (Wildman–Crippen MR) is 122 cm³/mol. The highest BCUT2D eigenvalue weighted by Gasteiger charge is 2.12. The molecular weight excluding hydrogens is 336 g/mol. The van der Waals surface area contributed by atoms with Gasteiger partial charge in [-0.15, -0.1) is 0 Å². The standard InChI is InChI=1S/C28H18/c1-3-11-21-19(9-1)17-27(25-15-7-5-13-23(21)25)28-18-20-10-2-4-12-22(20)24-14-6-8-16-26(24)28/h1-18H. The molecule has 0 N–H and O–H groups in total. The van der Waals surface area contributed by atoms with E-state index in [1.165, 1.54) is 54.2 Å². The van der Waals surface area contributed by atoms with E-state index in [1.807, 2.05) is 0 Å². The van der Waals surface area contributed by atoms with Gasteiger partial charge < -0.3 is 0 Å². The average molecular weight is 354 g/mol. The molecular formula is C28H18. The van der Waals surface area contributed by atoms with Crippen LogP contribution in [0.5, 0.6) is 0 Å². The van der Waals surface area contributed by atoms with Crippen molar-refractivity contribution in [1.82, 2.24) is 0 Å². The normalized spacial score (nSPS) is 11.6. The lowest BCUT2D eigenvalue weighted by Gasteiger charge is -2.15. The summed E-state index contributed by atoms with van der Waals surface area (Å²) in [5.41, 5.74) is 2.60. The lowest BCUT2D eigenvalue weighted by molar-refractivity contribution is 1.71. The maximum absolute atomic E-state index is 2.36. The second kappa shape index (κ2) is 5.94. The minimum absolute atomic E-state index is 1.29. The van der Waals surface area contributed by atoms with Crippen molar-refractivity contribution < 1.29 is 0 Å². The van der Waals surface area contributed by atoms with Gasteiger partial charge in [0.1, 0.15) is 0 Å². The maximum Gasteiger partial charge on any atom is -0.00926 e. The van der Waals surface area contributed by atoms with Crippen LogP contribution in [0, 0.1) is 0 Å². The molecule has 0 amide bonds. The van der Waals surface area contributed by atoms with Crippen LogP contribution in [0.2, 0.25) is 0 Å². The van der Waals surface area contributed by atoms with Crippen molar-refractivity contribution in [1.29, 1.82) is 0 Å². The first-order valence-electron chi connectivity index (χ1n) is 9.71. The highest BCUT2D eigenvalue weighted by molar-refractivity contribution is 6.20. The lowest BCUT2D eigenvalue weighted by Crippen LogP contribution is -1.87. The number of benzene rings is 6. The fraction of sp³-hybridized carbons (Fsp3) is 0. The Bertz CT molecular complexity index is 1390. The van der Waals surface area contributed by atoms with Gasteiger partial charge in [0, 0.05) is 0 Å². The summed E-state index contributed by atoms with van der Waals surface area (Å²) in [4.78, 5) is 0. The zero-order valence-electron chi connectivity index (χ0n) is 15.4. The molecule has 0 fully saturated rings.